The zero-order valence-corrected chi connectivity index (χ0v) is 47.2. The minimum Gasteiger partial charge on any atom is -0.311 e. The third kappa shape index (κ3) is 8.94. The highest BCUT2D eigenvalue weighted by atomic mass is 32.1. The molecule has 2 aliphatic rings. The number of hydrogen-bond donors (Lipinski definition) is 0. The van der Waals surface area contributed by atoms with Gasteiger partial charge in [0.25, 0.3) is 6.71 Å². The molecule has 12 aromatic rings. The van der Waals surface area contributed by atoms with Gasteiger partial charge in [0, 0.05) is 60.2 Å². The van der Waals surface area contributed by atoms with Crippen molar-refractivity contribution in [3.05, 3.63) is 278 Å². The Labute approximate surface area is 488 Å². The molecule has 0 radical (unpaired) electrons. The molecule has 0 saturated heterocycles. The van der Waals surface area contributed by atoms with Gasteiger partial charge in [-0.05, 0) is 151 Å². The van der Waals surface area contributed by atoms with Gasteiger partial charge in [-0.25, -0.2) is 0 Å². The van der Waals surface area contributed by atoms with Gasteiger partial charge < -0.3 is 14.7 Å². The predicted molar refractivity (Wildman–Crippen MR) is 350 cm³/mol. The molecular formula is C76H62BN3S. The van der Waals surface area contributed by atoms with Gasteiger partial charge in [-0.2, -0.15) is 0 Å². The number of nitrogens with zero attached hydrogens (tertiary/aromatic N) is 3. The lowest BCUT2D eigenvalue weighted by atomic mass is 9.36. The molecule has 0 aliphatic carbocycles. The lowest BCUT2D eigenvalue weighted by Crippen LogP contribution is -2.60. The van der Waals surface area contributed by atoms with E-state index in [1.165, 1.54) is 15.9 Å². The smallest absolute Gasteiger partial charge is 0.264 e. The summed E-state index contributed by atoms with van der Waals surface area (Å²) in [6.07, 6.45) is 0. The summed E-state index contributed by atoms with van der Waals surface area (Å²) in [4.78, 5) is 7.14. The number of benzene rings is 11. The highest BCUT2D eigenvalue weighted by molar-refractivity contribution is 7.33. The molecule has 11 aromatic carbocycles. The van der Waals surface area contributed by atoms with Crippen LogP contribution in [0.4, 0.5) is 51.2 Å². The molecular weight excluding hydrogens is 998 g/mol. The molecule has 81 heavy (non-hydrogen) atoms. The number of thiophene rings is 1. The maximum Gasteiger partial charge on any atom is 0.264 e. The van der Waals surface area contributed by atoms with Crippen molar-refractivity contribution in [3.63, 3.8) is 0 Å². The normalized spacial score (nSPS) is 13.6. The van der Waals surface area contributed by atoms with Crippen molar-refractivity contribution >= 4 is 95.0 Å². The van der Waals surface area contributed by atoms with Gasteiger partial charge in [-0.3, -0.25) is 0 Å². The van der Waals surface area contributed by atoms with Crippen LogP contribution in [0.2, 0.25) is 0 Å². The number of fused-ring (bicyclic) bond motifs is 6. The second kappa shape index (κ2) is 19.9. The van der Waals surface area contributed by atoms with Crippen LogP contribution in [0.5, 0.6) is 0 Å². The van der Waals surface area contributed by atoms with Crippen LogP contribution in [0, 0.1) is 0 Å². The van der Waals surface area contributed by atoms with Crippen molar-refractivity contribution in [3.8, 4) is 44.5 Å². The minimum absolute atomic E-state index is 0.0606. The lowest BCUT2D eigenvalue weighted by molar-refractivity contribution is 0.590. The van der Waals surface area contributed by atoms with Gasteiger partial charge in [0.15, 0.2) is 0 Å². The average Bonchev–Trinajstić information content (AvgIpc) is 1.24. The predicted octanol–water partition coefficient (Wildman–Crippen LogP) is 19.7. The van der Waals surface area contributed by atoms with Gasteiger partial charge in [-0.1, -0.05) is 229 Å². The number of para-hydroxylation sites is 1. The molecule has 1 aromatic heterocycles. The van der Waals surface area contributed by atoms with E-state index in [4.69, 9.17) is 4.11 Å². The average molecular weight is 1070 g/mol. The molecule has 0 spiro atoms. The molecule has 0 N–H and O–H groups in total. The first-order valence-electron chi connectivity index (χ1n) is 30.4. The van der Waals surface area contributed by atoms with Crippen LogP contribution in [0.25, 0.3) is 54.6 Å². The summed E-state index contributed by atoms with van der Waals surface area (Å²) in [6, 6.07) is 83.0. The molecule has 5 heteroatoms. The van der Waals surface area contributed by atoms with Crippen LogP contribution in [0.1, 0.15) is 59.5 Å². The van der Waals surface area contributed by atoms with E-state index < -0.39 is 6.04 Å². The van der Waals surface area contributed by atoms with Gasteiger partial charge in [0.05, 0.1) is 18.2 Å². The molecule has 0 atom stereocenters. The largest absolute Gasteiger partial charge is 0.311 e. The molecule has 14 rings (SSSR count). The van der Waals surface area contributed by atoms with E-state index >= 15 is 0 Å². The second-order valence-corrected chi connectivity index (χ2v) is 24.5. The third-order valence-electron chi connectivity index (χ3n) is 16.2. The van der Waals surface area contributed by atoms with Crippen molar-refractivity contribution in [1.82, 2.24) is 0 Å². The van der Waals surface area contributed by atoms with Gasteiger partial charge in [0.1, 0.15) is 0 Å². The molecule has 0 fully saturated rings. The Morgan fingerprint density at radius 2 is 0.938 bits per heavy atom. The van der Waals surface area contributed by atoms with Gasteiger partial charge in [0.2, 0.25) is 0 Å². The molecule has 0 saturated carbocycles. The van der Waals surface area contributed by atoms with Crippen LogP contribution in [-0.4, -0.2) is 6.71 Å². The van der Waals surface area contributed by atoms with E-state index in [9.17, 15) is 2.74 Å². The summed E-state index contributed by atoms with van der Waals surface area (Å²) in [5.41, 5.74) is 20.2. The molecule has 0 unspecified atom stereocenters. The Morgan fingerprint density at radius 1 is 0.420 bits per heavy atom. The summed E-state index contributed by atoms with van der Waals surface area (Å²) < 4.78 is 48.4. The summed E-state index contributed by atoms with van der Waals surface area (Å²) in [7, 11) is 0. The second-order valence-electron chi connectivity index (χ2n) is 23.4. The number of hydrogen-bond acceptors (Lipinski definition) is 4. The highest BCUT2D eigenvalue weighted by Gasteiger charge is 2.46. The molecule has 3 heterocycles. The van der Waals surface area contributed by atoms with Crippen molar-refractivity contribution in [2.75, 3.05) is 14.7 Å². The number of anilines is 9. The zero-order chi connectivity index (χ0) is 59.3. The highest BCUT2D eigenvalue weighted by Crippen LogP contribution is 2.51. The van der Waals surface area contributed by atoms with Crippen LogP contribution >= 0.6 is 11.3 Å². The van der Waals surface area contributed by atoms with E-state index in [2.05, 4.69) is 281 Å². The SMILES string of the molecule is [2H]c1c([2H])c([2H])c(-c2cc3c4c(c2)N(c2ccc(-c5ccccc5)cc2)c2c(sc5ccc(C(C)(C)C)cc25)B4c2ccc(N(c4ccc(C(C)(C)C)cc4)c4ccccc4-c4ccccc4)cc2N3c2ccc(-c3ccccc3)cc2)c([2H])c1[2H]. The van der Waals surface area contributed by atoms with E-state index in [1.54, 1.807) is 0 Å². The van der Waals surface area contributed by atoms with Crippen LogP contribution < -0.4 is 30.4 Å². The van der Waals surface area contributed by atoms with Crippen molar-refractivity contribution < 1.29 is 6.85 Å². The van der Waals surface area contributed by atoms with Gasteiger partial charge in [-0.15, -0.1) is 11.3 Å². The fourth-order valence-corrected chi connectivity index (χ4v) is 13.4. The van der Waals surface area contributed by atoms with E-state index in [-0.39, 0.29) is 47.3 Å². The third-order valence-corrected chi connectivity index (χ3v) is 17.5. The topological polar surface area (TPSA) is 9.72 Å². The molecule has 2 aliphatic heterocycles. The maximum absolute atomic E-state index is 9.59. The first-order valence-corrected chi connectivity index (χ1v) is 28.8. The fourth-order valence-electron chi connectivity index (χ4n) is 12.1. The Bertz CT molecular complexity index is 4570. The zero-order valence-electron chi connectivity index (χ0n) is 51.3. The molecule has 0 bridgehead atoms. The lowest BCUT2D eigenvalue weighted by Gasteiger charge is -2.44. The summed E-state index contributed by atoms with van der Waals surface area (Å²) in [5.74, 6) is 0. The van der Waals surface area contributed by atoms with Crippen molar-refractivity contribution in [2.24, 2.45) is 0 Å². The van der Waals surface area contributed by atoms with Gasteiger partial charge >= 0.3 is 0 Å². The maximum atomic E-state index is 9.59. The Hall–Kier alpha value is -9.16. The monoisotopic (exact) mass is 1060 g/mol. The summed E-state index contributed by atoms with van der Waals surface area (Å²) in [5, 5.41) is 1.13. The van der Waals surface area contributed by atoms with Crippen molar-refractivity contribution in [1.29, 1.82) is 0 Å². The summed E-state index contributed by atoms with van der Waals surface area (Å²) >= 11 is 1.83. The molecule has 390 valence electrons. The Kier molecular flexibility index (Phi) is 11.0. The van der Waals surface area contributed by atoms with E-state index in [1.807, 2.05) is 23.5 Å². The first-order chi connectivity index (χ1) is 41.5. The fraction of sp³-hybridized carbons (Fsp3) is 0.105. The quantitative estimate of drug-likeness (QED) is 0.133. The van der Waals surface area contributed by atoms with Crippen LogP contribution in [-0.2, 0) is 10.8 Å². The van der Waals surface area contributed by atoms with Crippen molar-refractivity contribution in [2.45, 2.75) is 52.4 Å². The first kappa shape index (κ1) is 44.7. The Balaban J connectivity index is 1.10. The summed E-state index contributed by atoms with van der Waals surface area (Å²) in [6.45, 7) is 13.2. The van der Waals surface area contributed by atoms with Crippen LogP contribution in [0.15, 0.2) is 267 Å². The minimum atomic E-state index is -0.430. The Morgan fingerprint density at radius 3 is 1.54 bits per heavy atom. The molecule has 0 amide bonds. The van der Waals surface area contributed by atoms with E-state index in [0.29, 0.717) is 5.56 Å². The molecule has 3 nitrogen and oxygen atoms in total. The van der Waals surface area contributed by atoms with E-state index in [0.717, 1.165) is 106 Å². The van der Waals surface area contributed by atoms with Crippen LogP contribution in [0.3, 0.4) is 0 Å². The standard InChI is InChI=1S/C76H62BN3S/c1-75(2,3)58-35-42-60(43-36-58)78(67-30-20-19-29-64(67)56-27-17-10-18-28-56)63-44-45-66-68(50-63)79(61-38-31-54(32-39-61)51-21-11-7-12-22-51)69-47-57(53-25-15-9-16-26-53)48-70-72(69)77(66)74-73(65-49-59(76(4,5)6)37-46-71(65)81-74)80(70)62-40-33-55(34-41-62)52-23-13-8-14-24-52/h7-50H,1-6H3/i9D,15D,16D,25D,26D. The number of rotatable bonds is 9.